The Morgan fingerprint density at radius 2 is 2.23 bits per heavy atom. The predicted octanol–water partition coefficient (Wildman–Crippen LogP) is 3.84. The lowest BCUT2D eigenvalue weighted by Gasteiger charge is -1.93. The average Bonchev–Trinajstić information content (AvgIpc) is 2.44. The van der Waals surface area contributed by atoms with E-state index < -0.39 is 0 Å². The van der Waals surface area contributed by atoms with Gasteiger partial charge in [-0.25, -0.2) is 0 Å². The molecule has 13 heavy (non-hydrogen) atoms. The molecule has 0 N–H and O–H groups in total. The van der Waals surface area contributed by atoms with Crippen LogP contribution in [0.25, 0.3) is 10.1 Å². The lowest BCUT2D eigenvalue weighted by Crippen LogP contribution is -1.73. The predicted molar refractivity (Wildman–Crippen MR) is 59.0 cm³/mol. The van der Waals surface area contributed by atoms with Crippen molar-refractivity contribution in [2.75, 3.05) is 0 Å². The van der Waals surface area contributed by atoms with Crippen LogP contribution in [0.1, 0.15) is 10.4 Å². The maximum Gasteiger partial charge on any atom is 0.110 e. The topological polar surface area (TPSA) is 23.8 Å². The maximum absolute atomic E-state index is 8.86. The number of aryl methyl sites for hydroxylation is 1. The highest BCUT2D eigenvalue weighted by Crippen LogP contribution is 2.34. The van der Waals surface area contributed by atoms with E-state index >= 15 is 0 Å². The number of nitriles is 1. The molecule has 1 aromatic heterocycles. The highest BCUT2D eigenvalue weighted by atomic mass is 79.9. The van der Waals surface area contributed by atoms with Crippen molar-refractivity contribution >= 4 is 37.4 Å². The Kier molecular flexibility index (Phi) is 2.10. The number of thiophene rings is 1. The number of benzene rings is 1. The fraction of sp³-hybridized carbons (Fsp3) is 0.100. The van der Waals surface area contributed by atoms with Crippen molar-refractivity contribution < 1.29 is 0 Å². The molecule has 0 bridgehead atoms. The number of hydrogen-bond donors (Lipinski definition) is 0. The molecule has 0 saturated heterocycles. The van der Waals surface area contributed by atoms with Crippen molar-refractivity contribution in [3.8, 4) is 6.07 Å². The Bertz CT molecular complexity index is 507. The fourth-order valence-electron chi connectivity index (χ4n) is 1.36. The summed E-state index contributed by atoms with van der Waals surface area (Å²) in [6.07, 6.45) is 0. The number of hydrogen-bond acceptors (Lipinski definition) is 2. The molecule has 0 spiro atoms. The zero-order valence-corrected chi connectivity index (χ0v) is 9.37. The quantitative estimate of drug-likeness (QED) is 0.698. The van der Waals surface area contributed by atoms with Crippen molar-refractivity contribution in [3.05, 3.63) is 33.1 Å². The first-order valence-electron chi connectivity index (χ1n) is 3.81. The van der Waals surface area contributed by atoms with E-state index in [1.54, 1.807) is 11.3 Å². The summed E-state index contributed by atoms with van der Waals surface area (Å²) < 4.78 is 2.24. The maximum atomic E-state index is 8.86. The van der Waals surface area contributed by atoms with Gasteiger partial charge in [0.2, 0.25) is 0 Å². The van der Waals surface area contributed by atoms with E-state index in [4.69, 9.17) is 5.26 Å². The van der Waals surface area contributed by atoms with Gasteiger partial charge >= 0.3 is 0 Å². The van der Waals surface area contributed by atoms with Crippen LogP contribution in [0.5, 0.6) is 0 Å². The number of rotatable bonds is 0. The standard InChI is InChI=1S/C10H6BrNS/c1-6-9(5-12)13-8-4-2-3-7(11)10(6)8/h2-4H,1H3. The minimum absolute atomic E-state index is 0.807. The normalized spacial score (nSPS) is 10.2. The minimum Gasteiger partial charge on any atom is -0.192 e. The molecule has 2 aromatic rings. The molecule has 0 aliphatic heterocycles. The molecule has 64 valence electrons. The molecule has 0 radical (unpaired) electrons. The Morgan fingerprint density at radius 1 is 1.46 bits per heavy atom. The smallest absolute Gasteiger partial charge is 0.110 e. The van der Waals surface area contributed by atoms with Gasteiger partial charge in [0.05, 0.1) is 0 Å². The first-order valence-corrected chi connectivity index (χ1v) is 5.42. The lowest BCUT2D eigenvalue weighted by molar-refractivity contribution is 1.48. The molecule has 1 heterocycles. The van der Waals surface area contributed by atoms with Crippen LogP contribution >= 0.6 is 27.3 Å². The summed E-state index contributed by atoms with van der Waals surface area (Å²) in [4.78, 5) is 0.807. The zero-order chi connectivity index (χ0) is 9.42. The summed E-state index contributed by atoms with van der Waals surface area (Å²) >= 11 is 5.03. The van der Waals surface area contributed by atoms with Crippen LogP contribution in [0.3, 0.4) is 0 Å². The number of nitrogens with zero attached hydrogens (tertiary/aromatic N) is 1. The molecule has 3 heteroatoms. The molecule has 0 amide bonds. The Balaban J connectivity index is 2.95. The van der Waals surface area contributed by atoms with Crippen LogP contribution < -0.4 is 0 Å². The molecule has 1 nitrogen and oxygen atoms in total. The molecular formula is C10H6BrNS. The molecule has 1 aromatic carbocycles. The van der Waals surface area contributed by atoms with Crippen molar-refractivity contribution in [1.82, 2.24) is 0 Å². The summed E-state index contributed by atoms with van der Waals surface area (Å²) in [6.45, 7) is 1.99. The summed E-state index contributed by atoms with van der Waals surface area (Å²) in [5.41, 5.74) is 1.08. The zero-order valence-electron chi connectivity index (χ0n) is 6.97. The van der Waals surface area contributed by atoms with Gasteiger partial charge < -0.3 is 0 Å². The van der Waals surface area contributed by atoms with E-state index in [0.29, 0.717) is 0 Å². The third-order valence-electron chi connectivity index (χ3n) is 2.00. The van der Waals surface area contributed by atoms with E-state index in [1.165, 1.54) is 10.1 Å². The summed E-state index contributed by atoms with van der Waals surface area (Å²) in [5.74, 6) is 0. The van der Waals surface area contributed by atoms with Gasteiger partial charge in [-0.05, 0) is 24.6 Å². The second-order valence-corrected chi connectivity index (χ2v) is 4.69. The Labute approximate surface area is 88.7 Å². The highest BCUT2D eigenvalue weighted by Gasteiger charge is 2.09. The van der Waals surface area contributed by atoms with Gasteiger partial charge in [-0.1, -0.05) is 22.0 Å². The summed E-state index contributed by atoms with van der Waals surface area (Å²) in [7, 11) is 0. The Hall–Kier alpha value is -0.850. The van der Waals surface area contributed by atoms with Crippen molar-refractivity contribution in [1.29, 1.82) is 5.26 Å². The fourth-order valence-corrected chi connectivity index (χ4v) is 3.19. The first-order chi connectivity index (χ1) is 6.24. The molecule has 0 aliphatic carbocycles. The molecule has 0 atom stereocenters. The molecule has 2 rings (SSSR count). The van der Waals surface area contributed by atoms with Crippen LogP contribution in [-0.4, -0.2) is 0 Å². The Morgan fingerprint density at radius 3 is 2.85 bits per heavy atom. The summed E-state index contributed by atoms with van der Waals surface area (Å²) in [5, 5.41) is 10.0. The van der Waals surface area contributed by atoms with Crippen molar-refractivity contribution in [2.45, 2.75) is 6.92 Å². The van der Waals surface area contributed by atoms with E-state index in [9.17, 15) is 0 Å². The van der Waals surface area contributed by atoms with Gasteiger partial charge in [0, 0.05) is 14.6 Å². The van der Waals surface area contributed by atoms with Crippen LogP contribution in [0, 0.1) is 18.3 Å². The second kappa shape index (κ2) is 3.13. The molecule has 0 aliphatic rings. The largest absolute Gasteiger partial charge is 0.192 e. The molecule has 0 fully saturated rings. The van der Waals surface area contributed by atoms with Gasteiger partial charge in [0.15, 0.2) is 0 Å². The van der Waals surface area contributed by atoms with Crippen LogP contribution in [-0.2, 0) is 0 Å². The van der Waals surface area contributed by atoms with Crippen molar-refractivity contribution in [3.63, 3.8) is 0 Å². The van der Waals surface area contributed by atoms with Gasteiger partial charge in [0.25, 0.3) is 0 Å². The van der Waals surface area contributed by atoms with Gasteiger partial charge in [0.1, 0.15) is 10.9 Å². The van der Waals surface area contributed by atoms with Crippen LogP contribution in [0.2, 0.25) is 0 Å². The minimum atomic E-state index is 0.807. The second-order valence-electron chi connectivity index (χ2n) is 2.78. The van der Waals surface area contributed by atoms with Gasteiger partial charge in [-0.15, -0.1) is 11.3 Å². The van der Waals surface area contributed by atoms with E-state index in [0.717, 1.165) is 14.9 Å². The molecular weight excluding hydrogens is 246 g/mol. The third-order valence-corrected chi connectivity index (χ3v) is 3.83. The van der Waals surface area contributed by atoms with Crippen LogP contribution in [0.15, 0.2) is 22.7 Å². The van der Waals surface area contributed by atoms with Crippen LogP contribution in [0.4, 0.5) is 0 Å². The van der Waals surface area contributed by atoms with Crippen molar-refractivity contribution in [2.24, 2.45) is 0 Å². The molecule has 0 saturated carbocycles. The summed E-state index contributed by atoms with van der Waals surface area (Å²) in [6, 6.07) is 8.24. The van der Waals surface area contributed by atoms with E-state index in [1.807, 2.05) is 25.1 Å². The highest BCUT2D eigenvalue weighted by molar-refractivity contribution is 9.10. The van der Waals surface area contributed by atoms with E-state index in [2.05, 4.69) is 22.0 Å². The number of halogens is 1. The monoisotopic (exact) mass is 251 g/mol. The lowest BCUT2D eigenvalue weighted by atomic mass is 10.1. The third kappa shape index (κ3) is 1.27. The van der Waals surface area contributed by atoms with E-state index in [-0.39, 0.29) is 0 Å². The average molecular weight is 252 g/mol. The van der Waals surface area contributed by atoms with Gasteiger partial charge in [-0.3, -0.25) is 0 Å². The SMILES string of the molecule is Cc1c(C#N)sc2cccc(Br)c12. The van der Waals surface area contributed by atoms with Gasteiger partial charge in [-0.2, -0.15) is 5.26 Å². The molecule has 0 unspecified atom stereocenters. The number of fused-ring (bicyclic) bond motifs is 1. The first kappa shape index (κ1) is 8.74.